The largest absolute Gasteiger partial charge is 0.508 e. The van der Waals surface area contributed by atoms with Gasteiger partial charge in [-0.1, -0.05) is 36.4 Å². The smallest absolute Gasteiger partial charge is 0.300 e. The minimum Gasteiger partial charge on any atom is -0.508 e. The highest BCUT2D eigenvalue weighted by Crippen LogP contribution is 2.45. The van der Waals surface area contributed by atoms with Crippen LogP contribution in [0.15, 0.2) is 78.4 Å². The van der Waals surface area contributed by atoms with Gasteiger partial charge in [0.15, 0.2) is 0 Å². The van der Waals surface area contributed by atoms with Crippen LogP contribution in [-0.2, 0) is 9.59 Å². The Morgan fingerprint density at radius 1 is 0.875 bits per heavy atom. The number of para-hydroxylation sites is 1. The number of carbonyl (C=O) groups excluding carboxylic acids is 2. The van der Waals surface area contributed by atoms with Crippen LogP contribution in [0, 0.1) is 0 Å². The molecule has 0 aliphatic carbocycles. The number of rotatable bonds is 5. The number of methoxy groups -OCH3 is 2. The molecule has 1 saturated heterocycles. The molecule has 0 radical (unpaired) electrons. The van der Waals surface area contributed by atoms with Gasteiger partial charge in [0.2, 0.25) is 0 Å². The van der Waals surface area contributed by atoms with Crippen molar-refractivity contribution in [1.29, 1.82) is 0 Å². The zero-order chi connectivity index (χ0) is 22.8. The Bertz CT molecular complexity index is 1200. The summed E-state index contributed by atoms with van der Waals surface area (Å²) in [4.78, 5) is 27.7. The van der Waals surface area contributed by atoms with E-state index in [9.17, 15) is 19.8 Å². The van der Waals surface area contributed by atoms with E-state index in [0.29, 0.717) is 11.3 Å². The average Bonchev–Trinajstić information content (AvgIpc) is 3.09. The third-order valence-electron chi connectivity index (χ3n) is 5.33. The fourth-order valence-electron chi connectivity index (χ4n) is 3.92. The third kappa shape index (κ3) is 3.43. The van der Waals surface area contributed by atoms with Gasteiger partial charge in [-0.2, -0.15) is 0 Å². The predicted octanol–water partition coefficient (Wildman–Crippen LogP) is 4.04. The lowest BCUT2D eigenvalue weighted by atomic mass is 9.94. The minimum absolute atomic E-state index is 0.0315. The van der Waals surface area contributed by atoms with Crippen molar-refractivity contribution < 1.29 is 29.3 Å². The van der Waals surface area contributed by atoms with Crippen LogP contribution in [0.5, 0.6) is 17.2 Å². The molecule has 2 N–H and O–H groups in total. The van der Waals surface area contributed by atoms with Gasteiger partial charge < -0.3 is 19.7 Å². The summed E-state index contributed by atoms with van der Waals surface area (Å²) < 4.78 is 10.8. The Balaban J connectivity index is 2.02. The Morgan fingerprint density at radius 2 is 1.50 bits per heavy atom. The van der Waals surface area contributed by atoms with Gasteiger partial charge in [0.25, 0.3) is 11.7 Å². The van der Waals surface area contributed by atoms with E-state index in [4.69, 9.17) is 9.47 Å². The Kier molecular flexibility index (Phi) is 5.55. The van der Waals surface area contributed by atoms with Crippen molar-refractivity contribution in [1.82, 2.24) is 0 Å². The van der Waals surface area contributed by atoms with Crippen molar-refractivity contribution in [3.63, 3.8) is 0 Å². The van der Waals surface area contributed by atoms with Crippen LogP contribution in [0.1, 0.15) is 17.2 Å². The van der Waals surface area contributed by atoms with E-state index in [0.717, 1.165) is 0 Å². The number of amides is 1. The maximum Gasteiger partial charge on any atom is 0.300 e. The number of Topliss-reactive ketones (excluding diaryl/α,β-unsaturated/α-hetero) is 1. The molecule has 7 heteroatoms. The molecule has 1 amide bonds. The fourth-order valence-corrected chi connectivity index (χ4v) is 3.92. The Labute approximate surface area is 184 Å². The van der Waals surface area contributed by atoms with Crippen LogP contribution in [0.25, 0.3) is 5.76 Å². The summed E-state index contributed by atoms with van der Waals surface area (Å²) in [5, 5.41) is 21.4. The first-order chi connectivity index (χ1) is 15.5. The Hall–Kier alpha value is -4.26. The van der Waals surface area contributed by atoms with Crippen molar-refractivity contribution in [2.45, 2.75) is 6.04 Å². The number of aliphatic hydroxyl groups excluding tert-OH is 1. The van der Waals surface area contributed by atoms with Gasteiger partial charge in [0.1, 0.15) is 28.6 Å². The van der Waals surface area contributed by atoms with Crippen LogP contribution < -0.4 is 14.4 Å². The number of aromatic hydroxyl groups is 1. The van der Waals surface area contributed by atoms with E-state index in [-0.39, 0.29) is 28.4 Å². The zero-order valence-corrected chi connectivity index (χ0v) is 17.5. The average molecular weight is 431 g/mol. The number of ether oxygens (including phenoxy) is 2. The SMILES string of the molecule is COc1cccc(OC)c1/C(O)=C1\C(=O)C(=O)N(c2ccccc2)C1c1cccc(O)c1. The third-order valence-corrected chi connectivity index (χ3v) is 5.33. The first-order valence-corrected chi connectivity index (χ1v) is 9.84. The number of anilines is 1. The maximum absolute atomic E-state index is 13.2. The van der Waals surface area contributed by atoms with Gasteiger partial charge in [-0.25, -0.2) is 0 Å². The molecule has 4 rings (SSSR count). The molecule has 1 fully saturated rings. The number of hydrogen-bond donors (Lipinski definition) is 2. The second-order valence-corrected chi connectivity index (χ2v) is 7.14. The molecule has 1 heterocycles. The molecule has 1 atom stereocenters. The highest BCUT2D eigenvalue weighted by atomic mass is 16.5. The number of phenolic OH excluding ortho intramolecular Hbond substituents is 1. The van der Waals surface area contributed by atoms with Crippen molar-refractivity contribution in [2.24, 2.45) is 0 Å². The van der Waals surface area contributed by atoms with Crippen LogP contribution >= 0.6 is 0 Å². The van der Waals surface area contributed by atoms with E-state index in [2.05, 4.69) is 0 Å². The van der Waals surface area contributed by atoms with Gasteiger partial charge in [0, 0.05) is 5.69 Å². The topological polar surface area (TPSA) is 96.3 Å². The van der Waals surface area contributed by atoms with Crippen LogP contribution in [0.2, 0.25) is 0 Å². The molecule has 0 bridgehead atoms. The number of aliphatic hydroxyl groups is 1. The number of hydrogen-bond acceptors (Lipinski definition) is 6. The highest BCUT2D eigenvalue weighted by Gasteiger charge is 2.47. The summed E-state index contributed by atoms with van der Waals surface area (Å²) >= 11 is 0. The highest BCUT2D eigenvalue weighted by molar-refractivity contribution is 6.51. The number of benzene rings is 3. The molecule has 0 aromatic heterocycles. The van der Waals surface area contributed by atoms with Gasteiger partial charge in [-0.05, 0) is 42.0 Å². The van der Waals surface area contributed by atoms with Crippen molar-refractivity contribution in [3.8, 4) is 17.2 Å². The van der Waals surface area contributed by atoms with Gasteiger partial charge in [-0.3, -0.25) is 14.5 Å². The molecule has 1 aliphatic heterocycles. The molecule has 1 unspecified atom stereocenters. The zero-order valence-electron chi connectivity index (χ0n) is 17.5. The summed E-state index contributed by atoms with van der Waals surface area (Å²) in [5.74, 6) is -1.54. The van der Waals surface area contributed by atoms with E-state index in [1.165, 1.54) is 31.3 Å². The van der Waals surface area contributed by atoms with E-state index < -0.39 is 23.5 Å². The molecule has 3 aromatic rings. The first-order valence-electron chi connectivity index (χ1n) is 9.84. The molecular weight excluding hydrogens is 410 g/mol. The summed E-state index contributed by atoms with van der Waals surface area (Å²) in [6.07, 6.45) is 0. The summed E-state index contributed by atoms with van der Waals surface area (Å²) in [5.41, 5.74) is 0.971. The van der Waals surface area contributed by atoms with Gasteiger partial charge in [0.05, 0.1) is 25.8 Å². The van der Waals surface area contributed by atoms with E-state index in [1.807, 2.05) is 0 Å². The molecule has 3 aromatic carbocycles. The molecule has 0 spiro atoms. The normalized spacial score (nSPS) is 17.4. The number of carbonyl (C=O) groups is 2. The second-order valence-electron chi connectivity index (χ2n) is 7.14. The molecule has 1 aliphatic rings. The molecule has 0 saturated carbocycles. The minimum atomic E-state index is -0.973. The summed E-state index contributed by atoms with van der Waals surface area (Å²) in [7, 11) is 2.86. The van der Waals surface area contributed by atoms with Crippen LogP contribution in [0.4, 0.5) is 5.69 Å². The molecule has 7 nitrogen and oxygen atoms in total. The van der Waals surface area contributed by atoms with Crippen molar-refractivity contribution in [3.05, 3.63) is 89.5 Å². The Morgan fingerprint density at radius 3 is 2.09 bits per heavy atom. The van der Waals surface area contributed by atoms with Crippen molar-refractivity contribution in [2.75, 3.05) is 19.1 Å². The number of nitrogens with zero attached hydrogens (tertiary/aromatic N) is 1. The van der Waals surface area contributed by atoms with Crippen LogP contribution in [0.3, 0.4) is 0 Å². The fraction of sp³-hybridized carbons (Fsp3) is 0.120. The quantitative estimate of drug-likeness (QED) is 0.360. The molecular formula is C25H21NO6. The van der Waals surface area contributed by atoms with Gasteiger partial charge in [-0.15, -0.1) is 0 Å². The number of phenols is 1. The lowest BCUT2D eigenvalue weighted by Crippen LogP contribution is -2.29. The summed E-state index contributed by atoms with van der Waals surface area (Å²) in [6.45, 7) is 0. The maximum atomic E-state index is 13.2. The van der Waals surface area contributed by atoms with Crippen LogP contribution in [-0.4, -0.2) is 36.1 Å². The lowest BCUT2D eigenvalue weighted by Gasteiger charge is -2.25. The monoisotopic (exact) mass is 431 g/mol. The second kappa shape index (κ2) is 8.47. The summed E-state index contributed by atoms with van der Waals surface area (Å²) in [6, 6.07) is 18.9. The number of ketones is 1. The molecule has 32 heavy (non-hydrogen) atoms. The predicted molar refractivity (Wildman–Crippen MR) is 119 cm³/mol. The van der Waals surface area contributed by atoms with E-state index in [1.54, 1.807) is 60.7 Å². The van der Waals surface area contributed by atoms with Crippen molar-refractivity contribution >= 4 is 23.1 Å². The van der Waals surface area contributed by atoms with E-state index >= 15 is 0 Å². The first kappa shape index (κ1) is 21.0. The van der Waals surface area contributed by atoms with Gasteiger partial charge >= 0.3 is 0 Å². The lowest BCUT2D eigenvalue weighted by molar-refractivity contribution is -0.132. The molecule has 162 valence electrons. The standard InChI is InChI=1S/C25H21NO6/c1-31-18-12-7-13-19(32-2)20(18)23(28)21-22(15-8-6-11-17(27)14-15)26(25(30)24(21)29)16-9-4-3-5-10-16/h3-14,22,27-28H,1-2H3/b23-21+.